The largest absolute Gasteiger partial charge is 0.456 e. The Labute approximate surface area is 140 Å². The lowest BCUT2D eigenvalue weighted by Gasteiger charge is -2.09. The molecule has 0 aliphatic carbocycles. The first-order valence-corrected chi connectivity index (χ1v) is 7.51. The molecule has 0 aliphatic heterocycles. The first kappa shape index (κ1) is 14.7. The number of hydrogen-bond donors (Lipinski definition) is 1. The van der Waals surface area contributed by atoms with Crippen LogP contribution in [0.15, 0.2) is 59.5 Å². The molecule has 0 radical (unpaired) electrons. The van der Waals surface area contributed by atoms with Gasteiger partial charge in [0.1, 0.15) is 17.3 Å². The highest BCUT2D eigenvalue weighted by molar-refractivity contribution is 9.10. The van der Waals surface area contributed by atoms with Crippen molar-refractivity contribution in [3.63, 3.8) is 0 Å². The van der Waals surface area contributed by atoms with Crippen LogP contribution in [0.1, 0.15) is 0 Å². The molecule has 2 aromatic heterocycles. The van der Waals surface area contributed by atoms with Crippen LogP contribution in [0.4, 0.5) is 11.5 Å². The molecule has 1 N–H and O–H groups in total. The Balaban J connectivity index is 1.73. The number of benzene rings is 1. The van der Waals surface area contributed by atoms with Gasteiger partial charge in [-0.25, -0.2) is 4.98 Å². The van der Waals surface area contributed by atoms with E-state index in [-0.39, 0.29) is 5.28 Å². The molecule has 0 amide bonds. The smallest absolute Gasteiger partial charge is 0.224 e. The number of anilines is 2. The molecule has 0 spiro atoms. The van der Waals surface area contributed by atoms with Crippen molar-refractivity contribution >= 4 is 39.0 Å². The van der Waals surface area contributed by atoms with Gasteiger partial charge in [-0.15, -0.1) is 0 Å². The van der Waals surface area contributed by atoms with Crippen molar-refractivity contribution < 1.29 is 4.74 Å². The van der Waals surface area contributed by atoms with Crippen LogP contribution in [0.25, 0.3) is 0 Å². The number of aromatic nitrogens is 3. The molecule has 0 aliphatic rings. The number of ether oxygens (including phenoxy) is 1. The minimum absolute atomic E-state index is 0.183. The van der Waals surface area contributed by atoms with Crippen LogP contribution < -0.4 is 10.1 Å². The lowest BCUT2D eigenvalue weighted by Crippen LogP contribution is -1.96. The van der Waals surface area contributed by atoms with Crippen molar-refractivity contribution in [1.29, 1.82) is 0 Å². The Kier molecular flexibility index (Phi) is 4.50. The molecular formula is C15H10BrClN4O. The fourth-order valence-electron chi connectivity index (χ4n) is 1.72. The summed E-state index contributed by atoms with van der Waals surface area (Å²) in [6.45, 7) is 0. The number of halogens is 2. The zero-order valence-electron chi connectivity index (χ0n) is 11.2. The third kappa shape index (κ3) is 3.72. The summed E-state index contributed by atoms with van der Waals surface area (Å²) >= 11 is 9.16. The van der Waals surface area contributed by atoms with E-state index in [4.69, 9.17) is 16.3 Å². The van der Waals surface area contributed by atoms with Crippen molar-refractivity contribution in [1.82, 2.24) is 15.0 Å². The molecule has 0 fully saturated rings. The summed E-state index contributed by atoms with van der Waals surface area (Å²) in [6, 6.07) is 11.1. The molecule has 5 nitrogen and oxygen atoms in total. The van der Waals surface area contributed by atoms with Crippen molar-refractivity contribution in [3.8, 4) is 11.5 Å². The van der Waals surface area contributed by atoms with Gasteiger partial charge in [-0.2, -0.15) is 4.98 Å². The third-order valence-electron chi connectivity index (χ3n) is 2.70. The molecule has 110 valence electrons. The lowest BCUT2D eigenvalue weighted by atomic mass is 10.3. The van der Waals surface area contributed by atoms with Crippen molar-refractivity contribution in [2.75, 3.05) is 5.32 Å². The summed E-state index contributed by atoms with van der Waals surface area (Å²) in [6.07, 6.45) is 4.95. The van der Waals surface area contributed by atoms with E-state index in [1.54, 1.807) is 18.6 Å². The van der Waals surface area contributed by atoms with Gasteiger partial charge in [-0.1, -0.05) is 0 Å². The SMILES string of the molecule is Clc1ncc(Br)c(Nc2ccc(Oc3cccnc3)cc2)n1. The van der Waals surface area contributed by atoms with E-state index in [9.17, 15) is 0 Å². The normalized spacial score (nSPS) is 10.3. The van der Waals surface area contributed by atoms with Crippen molar-refractivity contribution in [2.24, 2.45) is 0 Å². The Bertz CT molecular complexity index is 768. The molecule has 1 aromatic carbocycles. The topological polar surface area (TPSA) is 59.9 Å². The molecular weight excluding hydrogens is 368 g/mol. The number of pyridine rings is 1. The van der Waals surface area contributed by atoms with Gasteiger partial charge in [-0.3, -0.25) is 4.98 Å². The van der Waals surface area contributed by atoms with Crippen LogP contribution in [0, 0.1) is 0 Å². The van der Waals surface area contributed by atoms with Crippen LogP contribution in [0.2, 0.25) is 5.28 Å². The number of nitrogens with one attached hydrogen (secondary N) is 1. The van der Waals surface area contributed by atoms with E-state index in [1.165, 1.54) is 0 Å². The van der Waals surface area contributed by atoms with Crippen LogP contribution in [0.5, 0.6) is 11.5 Å². The average molecular weight is 378 g/mol. The number of rotatable bonds is 4. The molecule has 2 heterocycles. The van der Waals surface area contributed by atoms with E-state index in [0.717, 1.165) is 15.9 Å². The van der Waals surface area contributed by atoms with E-state index in [0.29, 0.717) is 11.6 Å². The van der Waals surface area contributed by atoms with E-state index in [2.05, 4.69) is 36.2 Å². The Morgan fingerprint density at radius 2 is 1.86 bits per heavy atom. The van der Waals surface area contributed by atoms with E-state index < -0.39 is 0 Å². The van der Waals surface area contributed by atoms with Gasteiger partial charge in [0.15, 0.2) is 0 Å². The van der Waals surface area contributed by atoms with Crippen LogP contribution in [-0.4, -0.2) is 15.0 Å². The van der Waals surface area contributed by atoms with Crippen molar-refractivity contribution in [2.45, 2.75) is 0 Å². The quantitative estimate of drug-likeness (QED) is 0.660. The van der Waals surface area contributed by atoms with Gasteiger partial charge in [-0.05, 0) is 63.9 Å². The maximum Gasteiger partial charge on any atom is 0.224 e. The molecule has 7 heteroatoms. The minimum atomic E-state index is 0.183. The van der Waals surface area contributed by atoms with Gasteiger partial charge in [0.25, 0.3) is 0 Å². The average Bonchev–Trinajstić information content (AvgIpc) is 2.54. The lowest BCUT2D eigenvalue weighted by molar-refractivity contribution is 0.480. The summed E-state index contributed by atoms with van der Waals surface area (Å²) < 4.78 is 6.41. The molecule has 0 unspecified atom stereocenters. The van der Waals surface area contributed by atoms with Gasteiger partial charge in [0, 0.05) is 18.1 Å². The number of hydrogen-bond acceptors (Lipinski definition) is 5. The third-order valence-corrected chi connectivity index (χ3v) is 3.46. The first-order valence-electron chi connectivity index (χ1n) is 6.34. The first-order chi connectivity index (χ1) is 10.7. The van der Waals surface area contributed by atoms with Gasteiger partial charge in [0.2, 0.25) is 5.28 Å². The highest BCUT2D eigenvalue weighted by atomic mass is 79.9. The Morgan fingerprint density at radius 3 is 2.59 bits per heavy atom. The molecule has 0 saturated heterocycles. The molecule has 3 rings (SSSR count). The minimum Gasteiger partial charge on any atom is -0.456 e. The zero-order valence-corrected chi connectivity index (χ0v) is 13.5. The Hall–Kier alpha value is -2.18. The monoisotopic (exact) mass is 376 g/mol. The van der Waals surface area contributed by atoms with Crippen LogP contribution >= 0.6 is 27.5 Å². The van der Waals surface area contributed by atoms with Crippen molar-refractivity contribution in [3.05, 3.63) is 64.7 Å². The second-order valence-electron chi connectivity index (χ2n) is 4.28. The summed E-state index contributed by atoms with van der Waals surface area (Å²) in [5.74, 6) is 2.01. The van der Waals surface area contributed by atoms with Gasteiger partial charge in [0.05, 0.1) is 10.7 Å². The maximum absolute atomic E-state index is 5.79. The molecule has 0 bridgehead atoms. The number of nitrogens with zero attached hydrogens (tertiary/aromatic N) is 3. The standard InChI is InChI=1S/C15H10BrClN4O/c16-13-9-19-15(17)21-14(13)20-10-3-5-11(6-4-10)22-12-2-1-7-18-8-12/h1-9H,(H,19,20,21). The second-order valence-corrected chi connectivity index (χ2v) is 5.47. The van der Waals surface area contributed by atoms with E-state index in [1.807, 2.05) is 36.4 Å². The molecule has 3 aromatic rings. The summed E-state index contributed by atoms with van der Waals surface area (Å²) in [5.41, 5.74) is 0.856. The van der Waals surface area contributed by atoms with E-state index >= 15 is 0 Å². The fourth-order valence-corrected chi connectivity index (χ4v) is 2.14. The molecule has 0 saturated carbocycles. The molecule has 0 atom stereocenters. The van der Waals surface area contributed by atoms with Gasteiger partial charge < -0.3 is 10.1 Å². The van der Waals surface area contributed by atoms with Gasteiger partial charge >= 0.3 is 0 Å². The summed E-state index contributed by atoms with van der Waals surface area (Å²) in [4.78, 5) is 12.0. The Morgan fingerprint density at radius 1 is 1.05 bits per heavy atom. The predicted octanol–water partition coefficient (Wildman–Crippen LogP) is 4.82. The maximum atomic E-state index is 5.79. The highest BCUT2D eigenvalue weighted by Crippen LogP contribution is 2.26. The highest BCUT2D eigenvalue weighted by Gasteiger charge is 2.05. The summed E-state index contributed by atoms with van der Waals surface area (Å²) in [7, 11) is 0. The predicted molar refractivity (Wildman–Crippen MR) is 88.8 cm³/mol. The van der Waals surface area contributed by atoms with Crippen LogP contribution in [0.3, 0.4) is 0 Å². The zero-order chi connectivity index (χ0) is 15.4. The van der Waals surface area contributed by atoms with Crippen LogP contribution in [-0.2, 0) is 0 Å². The second kappa shape index (κ2) is 6.72. The molecule has 22 heavy (non-hydrogen) atoms. The summed E-state index contributed by atoms with van der Waals surface area (Å²) in [5, 5.41) is 3.34. The fraction of sp³-hybridized carbons (Fsp3) is 0.